The molecule has 0 aliphatic rings. The molecule has 0 saturated carbocycles. The van der Waals surface area contributed by atoms with Crippen molar-refractivity contribution in [3.05, 3.63) is 66.1 Å². The highest BCUT2D eigenvalue weighted by Gasteiger charge is 2.12. The van der Waals surface area contributed by atoms with Crippen molar-refractivity contribution in [1.82, 2.24) is 4.98 Å². The van der Waals surface area contributed by atoms with Gasteiger partial charge in [0.1, 0.15) is 5.69 Å². The van der Waals surface area contributed by atoms with E-state index in [0.29, 0.717) is 6.42 Å². The summed E-state index contributed by atoms with van der Waals surface area (Å²) in [6.45, 7) is 5.93. The molecule has 0 aliphatic carbocycles. The summed E-state index contributed by atoms with van der Waals surface area (Å²) in [6, 6.07) is 16.6. The van der Waals surface area contributed by atoms with Crippen LogP contribution in [0, 0.1) is 13.8 Å². The molecule has 0 amide bonds. The highest BCUT2D eigenvalue weighted by atomic mass is 32.1. The van der Waals surface area contributed by atoms with Crippen molar-refractivity contribution < 1.29 is 14.3 Å². The van der Waals surface area contributed by atoms with Gasteiger partial charge in [-0.2, -0.15) is 12.6 Å². The lowest BCUT2D eigenvalue weighted by Gasteiger charge is -2.03. The zero-order chi connectivity index (χ0) is 19.1. The molecule has 26 heavy (non-hydrogen) atoms. The van der Waals surface area contributed by atoms with Crippen LogP contribution in [0.25, 0.3) is 22.6 Å². The summed E-state index contributed by atoms with van der Waals surface area (Å²) in [5.41, 5.74) is 5.50. The van der Waals surface area contributed by atoms with Gasteiger partial charge in [-0.15, -0.1) is 0 Å². The van der Waals surface area contributed by atoms with E-state index in [2.05, 4.69) is 80.0 Å². The van der Waals surface area contributed by atoms with Crippen LogP contribution < -0.4 is 0 Å². The number of oxazole rings is 1. The van der Waals surface area contributed by atoms with Crippen LogP contribution in [0.2, 0.25) is 0 Å². The van der Waals surface area contributed by atoms with E-state index < -0.39 is 11.2 Å². The first kappa shape index (κ1) is 19.8. The summed E-state index contributed by atoms with van der Waals surface area (Å²) >= 11 is 3.73. The molecule has 5 heteroatoms. The van der Waals surface area contributed by atoms with Gasteiger partial charge in [0.05, 0.1) is 5.25 Å². The molecule has 1 atom stereocenters. The molecule has 0 fully saturated rings. The van der Waals surface area contributed by atoms with Gasteiger partial charge in [-0.25, -0.2) is 4.98 Å². The van der Waals surface area contributed by atoms with Crippen molar-refractivity contribution in [2.24, 2.45) is 0 Å². The number of benzene rings is 2. The van der Waals surface area contributed by atoms with Gasteiger partial charge in [0, 0.05) is 11.1 Å². The number of aryl methyl sites for hydroxylation is 2. The summed E-state index contributed by atoms with van der Waals surface area (Å²) < 4.78 is 5.56. The van der Waals surface area contributed by atoms with Crippen molar-refractivity contribution in [3.8, 4) is 22.6 Å². The molecular formula is C21H23NO3S. The number of aromatic nitrogens is 1. The predicted octanol–water partition coefficient (Wildman–Crippen LogP) is 5.40. The molecular weight excluding hydrogens is 346 g/mol. The SMILES string of the molecule is CCC(S)C(=O)O.Cc1ccc(-c2ncoc2-c2ccc(C)cc2)cc1. The second kappa shape index (κ2) is 9.25. The van der Waals surface area contributed by atoms with Gasteiger partial charge in [-0.1, -0.05) is 66.6 Å². The average molecular weight is 369 g/mol. The van der Waals surface area contributed by atoms with E-state index in [9.17, 15) is 4.79 Å². The fourth-order valence-corrected chi connectivity index (χ4v) is 2.25. The monoisotopic (exact) mass is 369 g/mol. The van der Waals surface area contributed by atoms with Gasteiger partial charge in [0.15, 0.2) is 12.2 Å². The number of carboxylic acid groups (broad SMARTS) is 1. The molecule has 0 spiro atoms. The second-order valence-corrected chi connectivity index (χ2v) is 6.65. The largest absolute Gasteiger partial charge is 0.480 e. The number of carboxylic acids is 1. The highest BCUT2D eigenvalue weighted by molar-refractivity contribution is 7.81. The Hall–Kier alpha value is -2.53. The Balaban J connectivity index is 0.000000298. The van der Waals surface area contributed by atoms with E-state index in [4.69, 9.17) is 9.52 Å². The van der Waals surface area contributed by atoms with Crippen LogP contribution in [0.3, 0.4) is 0 Å². The van der Waals surface area contributed by atoms with Gasteiger partial charge >= 0.3 is 5.97 Å². The van der Waals surface area contributed by atoms with Crippen LogP contribution in [0.1, 0.15) is 24.5 Å². The van der Waals surface area contributed by atoms with Crippen LogP contribution in [0.15, 0.2) is 59.3 Å². The molecule has 3 rings (SSSR count). The zero-order valence-electron chi connectivity index (χ0n) is 15.1. The molecule has 1 N–H and O–H groups in total. The number of rotatable bonds is 4. The molecule has 1 aromatic heterocycles. The Labute approximate surface area is 159 Å². The standard InChI is InChI=1S/C17H15NO.C4H8O2S/c1-12-3-7-14(8-4-12)16-17(19-11-18-16)15-9-5-13(2)6-10-15;1-2-3(7)4(5)6/h3-11H,1-2H3;3,7H,2H2,1H3,(H,5,6). The lowest BCUT2D eigenvalue weighted by atomic mass is 10.0. The summed E-state index contributed by atoms with van der Waals surface area (Å²) in [5.74, 6) is -0.0188. The van der Waals surface area contributed by atoms with E-state index in [0.717, 1.165) is 22.6 Å². The predicted molar refractivity (Wildman–Crippen MR) is 108 cm³/mol. The van der Waals surface area contributed by atoms with Crippen molar-refractivity contribution in [2.45, 2.75) is 32.4 Å². The molecule has 4 nitrogen and oxygen atoms in total. The summed E-state index contributed by atoms with van der Waals surface area (Å²) in [5, 5.41) is 7.62. The summed E-state index contributed by atoms with van der Waals surface area (Å²) in [6.07, 6.45) is 2.09. The van der Waals surface area contributed by atoms with E-state index in [1.165, 1.54) is 17.5 Å². The Morgan fingerprint density at radius 1 is 1.04 bits per heavy atom. The number of hydrogen-bond donors (Lipinski definition) is 2. The number of aliphatic carboxylic acids is 1. The lowest BCUT2D eigenvalue weighted by molar-refractivity contribution is -0.136. The summed E-state index contributed by atoms with van der Waals surface area (Å²) in [7, 11) is 0. The molecule has 0 saturated heterocycles. The fourth-order valence-electron chi connectivity index (χ4n) is 2.25. The highest BCUT2D eigenvalue weighted by Crippen LogP contribution is 2.31. The maximum Gasteiger partial charge on any atom is 0.316 e. The van der Waals surface area contributed by atoms with Crippen molar-refractivity contribution in [1.29, 1.82) is 0 Å². The lowest BCUT2D eigenvalue weighted by Crippen LogP contribution is -2.10. The Morgan fingerprint density at radius 2 is 1.54 bits per heavy atom. The quantitative estimate of drug-likeness (QED) is 0.604. The van der Waals surface area contributed by atoms with Crippen LogP contribution in [-0.2, 0) is 4.79 Å². The first-order valence-electron chi connectivity index (χ1n) is 8.40. The number of carbonyl (C=O) groups is 1. The number of nitrogens with zero attached hydrogens (tertiary/aromatic N) is 1. The number of hydrogen-bond acceptors (Lipinski definition) is 4. The van der Waals surface area contributed by atoms with Gasteiger partial charge < -0.3 is 9.52 Å². The second-order valence-electron chi connectivity index (χ2n) is 6.02. The van der Waals surface area contributed by atoms with Crippen molar-refractivity contribution in [3.63, 3.8) is 0 Å². The molecule has 0 aliphatic heterocycles. The third kappa shape index (κ3) is 5.23. The van der Waals surface area contributed by atoms with Crippen molar-refractivity contribution >= 4 is 18.6 Å². The maximum absolute atomic E-state index is 9.85. The van der Waals surface area contributed by atoms with Gasteiger partial charge in [-0.05, 0) is 20.3 Å². The van der Waals surface area contributed by atoms with Crippen molar-refractivity contribution in [2.75, 3.05) is 0 Å². The van der Waals surface area contributed by atoms with Gasteiger partial charge in [0.2, 0.25) is 0 Å². The van der Waals surface area contributed by atoms with Crippen LogP contribution in [-0.4, -0.2) is 21.3 Å². The van der Waals surface area contributed by atoms with Crippen LogP contribution in [0.5, 0.6) is 0 Å². The van der Waals surface area contributed by atoms with E-state index >= 15 is 0 Å². The Bertz CT molecular complexity index is 778. The minimum atomic E-state index is -0.842. The van der Waals surface area contributed by atoms with E-state index in [1.54, 1.807) is 6.92 Å². The minimum Gasteiger partial charge on any atom is -0.480 e. The maximum atomic E-state index is 9.85. The van der Waals surface area contributed by atoms with E-state index in [-0.39, 0.29) is 0 Å². The smallest absolute Gasteiger partial charge is 0.316 e. The zero-order valence-corrected chi connectivity index (χ0v) is 16.0. The molecule has 3 aromatic rings. The third-order valence-electron chi connectivity index (χ3n) is 3.88. The molecule has 1 heterocycles. The Kier molecular flexibility index (Phi) is 7.04. The fraction of sp³-hybridized carbons (Fsp3) is 0.238. The molecule has 1 unspecified atom stereocenters. The average Bonchev–Trinajstić information content (AvgIpc) is 3.12. The molecule has 2 aromatic carbocycles. The topological polar surface area (TPSA) is 63.3 Å². The minimum absolute atomic E-state index is 0.486. The molecule has 0 bridgehead atoms. The first-order chi connectivity index (χ1) is 12.4. The summed E-state index contributed by atoms with van der Waals surface area (Å²) in [4.78, 5) is 14.2. The normalized spacial score (nSPS) is 11.4. The van der Waals surface area contributed by atoms with Gasteiger partial charge in [0.25, 0.3) is 0 Å². The third-order valence-corrected chi connectivity index (χ3v) is 4.46. The number of thiol groups is 1. The van der Waals surface area contributed by atoms with E-state index in [1.807, 2.05) is 0 Å². The molecule has 0 radical (unpaired) electrons. The first-order valence-corrected chi connectivity index (χ1v) is 8.92. The molecule has 136 valence electrons. The Morgan fingerprint density at radius 3 is 1.96 bits per heavy atom. The van der Waals surface area contributed by atoms with Crippen LogP contribution in [0.4, 0.5) is 0 Å². The van der Waals surface area contributed by atoms with Gasteiger partial charge in [-0.3, -0.25) is 4.79 Å². The van der Waals surface area contributed by atoms with Crippen LogP contribution >= 0.6 is 12.6 Å².